The van der Waals surface area contributed by atoms with Gasteiger partial charge in [-0.25, -0.2) is 0 Å². The van der Waals surface area contributed by atoms with Gasteiger partial charge < -0.3 is 11.1 Å². The second-order valence-electron chi connectivity index (χ2n) is 4.80. The highest BCUT2D eigenvalue weighted by atomic mass is 35.5. The molecule has 3 N–H and O–H groups in total. The first-order valence-electron chi connectivity index (χ1n) is 6.70. The predicted molar refractivity (Wildman–Crippen MR) is 82.6 cm³/mol. The minimum Gasteiger partial charge on any atom is -0.352 e. The molecule has 0 saturated carbocycles. The summed E-state index contributed by atoms with van der Waals surface area (Å²) < 4.78 is 0. The smallest absolute Gasteiger partial charge is 0.224 e. The highest BCUT2D eigenvalue weighted by molar-refractivity contribution is 5.85. The van der Waals surface area contributed by atoms with Crippen molar-refractivity contribution in [1.82, 2.24) is 5.32 Å². The Morgan fingerprint density at radius 1 is 1.32 bits per heavy atom. The van der Waals surface area contributed by atoms with E-state index in [9.17, 15) is 4.79 Å². The van der Waals surface area contributed by atoms with Crippen LogP contribution in [0.4, 0.5) is 0 Å². The molecule has 19 heavy (non-hydrogen) atoms. The zero-order chi connectivity index (χ0) is 13.4. The van der Waals surface area contributed by atoms with Crippen molar-refractivity contribution in [1.29, 1.82) is 0 Å². The summed E-state index contributed by atoms with van der Waals surface area (Å²) in [5.74, 6) is 0.0606. The van der Waals surface area contributed by atoms with Crippen LogP contribution in [0, 0.1) is 6.92 Å². The maximum absolute atomic E-state index is 11.9. The molecule has 0 spiro atoms. The van der Waals surface area contributed by atoms with Gasteiger partial charge in [0.2, 0.25) is 5.91 Å². The standard InChI is InChI=1S/C15H24N2O.ClH/c1-3-4-5-14(11-16)17-15(18)10-13-8-6-12(2)7-9-13;/h6-9,14H,3-5,10-11,16H2,1-2H3,(H,17,18);1H. The number of halogens is 1. The highest BCUT2D eigenvalue weighted by Crippen LogP contribution is 2.05. The highest BCUT2D eigenvalue weighted by Gasteiger charge is 2.10. The molecule has 3 nitrogen and oxygen atoms in total. The Morgan fingerprint density at radius 2 is 1.95 bits per heavy atom. The zero-order valence-corrected chi connectivity index (χ0v) is 12.6. The molecule has 0 bridgehead atoms. The van der Waals surface area contributed by atoms with Gasteiger partial charge in [-0.05, 0) is 18.9 Å². The van der Waals surface area contributed by atoms with Crippen molar-refractivity contribution in [3.05, 3.63) is 35.4 Å². The number of aryl methyl sites for hydroxylation is 1. The van der Waals surface area contributed by atoms with Crippen LogP contribution < -0.4 is 11.1 Å². The molecule has 0 aliphatic carbocycles. The van der Waals surface area contributed by atoms with Crippen LogP contribution in [0.5, 0.6) is 0 Å². The van der Waals surface area contributed by atoms with E-state index in [1.807, 2.05) is 31.2 Å². The molecule has 1 unspecified atom stereocenters. The van der Waals surface area contributed by atoms with Gasteiger partial charge in [-0.2, -0.15) is 0 Å². The van der Waals surface area contributed by atoms with Gasteiger partial charge in [0.15, 0.2) is 0 Å². The summed E-state index contributed by atoms with van der Waals surface area (Å²) in [5, 5.41) is 3.00. The van der Waals surface area contributed by atoms with Crippen LogP contribution in [0.2, 0.25) is 0 Å². The summed E-state index contributed by atoms with van der Waals surface area (Å²) in [6.07, 6.45) is 3.63. The van der Waals surface area contributed by atoms with E-state index in [0.717, 1.165) is 24.8 Å². The molecular formula is C15H25ClN2O. The third-order valence-electron chi connectivity index (χ3n) is 3.04. The van der Waals surface area contributed by atoms with Crippen LogP contribution in [0.3, 0.4) is 0 Å². The molecule has 4 heteroatoms. The molecule has 0 fully saturated rings. The molecule has 0 radical (unpaired) electrons. The van der Waals surface area contributed by atoms with E-state index in [-0.39, 0.29) is 24.4 Å². The van der Waals surface area contributed by atoms with Gasteiger partial charge in [-0.3, -0.25) is 4.79 Å². The van der Waals surface area contributed by atoms with Crippen molar-refractivity contribution in [3.63, 3.8) is 0 Å². The number of carbonyl (C=O) groups excluding carboxylic acids is 1. The van der Waals surface area contributed by atoms with Gasteiger partial charge in [0.05, 0.1) is 6.42 Å². The average molecular weight is 285 g/mol. The molecule has 1 atom stereocenters. The molecular weight excluding hydrogens is 260 g/mol. The molecule has 1 rings (SSSR count). The van der Waals surface area contributed by atoms with E-state index in [0.29, 0.717) is 13.0 Å². The van der Waals surface area contributed by atoms with E-state index >= 15 is 0 Å². The predicted octanol–water partition coefficient (Wildman–Crippen LogP) is 2.59. The van der Waals surface area contributed by atoms with E-state index in [2.05, 4.69) is 12.2 Å². The number of rotatable bonds is 7. The fourth-order valence-electron chi connectivity index (χ4n) is 1.87. The van der Waals surface area contributed by atoms with Gasteiger partial charge in [-0.1, -0.05) is 49.6 Å². The lowest BCUT2D eigenvalue weighted by atomic mass is 10.1. The Labute approximate surface area is 122 Å². The van der Waals surface area contributed by atoms with E-state index in [4.69, 9.17) is 5.73 Å². The van der Waals surface area contributed by atoms with Crippen LogP contribution in [0.1, 0.15) is 37.3 Å². The van der Waals surface area contributed by atoms with Gasteiger partial charge in [0.1, 0.15) is 0 Å². The van der Waals surface area contributed by atoms with Crippen LogP contribution in [0.15, 0.2) is 24.3 Å². The minimum atomic E-state index is 0. The van der Waals surface area contributed by atoms with Crippen molar-refractivity contribution in [2.45, 2.75) is 45.6 Å². The van der Waals surface area contributed by atoms with E-state index in [1.54, 1.807) is 0 Å². The number of nitrogens with one attached hydrogen (secondary N) is 1. The largest absolute Gasteiger partial charge is 0.352 e. The third kappa shape index (κ3) is 7.19. The summed E-state index contributed by atoms with van der Waals surface area (Å²) in [5.41, 5.74) is 7.92. The first kappa shape index (κ1) is 17.9. The normalized spacial score (nSPS) is 11.5. The molecule has 0 saturated heterocycles. The monoisotopic (exact) mass is 284 g/mol. The number of unbranched alkanes of at least 4 members (excludes halogenated alkanes) is 1. The molecule has 108 valence electrons. The van der Waals surface area contributed by atoms with Gasteiger partial charge in [-0.15, -0.1) is 12.4 Å². The second kappa shape index (κ2) is 9.82. The second-order valence-corrected chi connectivity index (χ2v) is 4.80. The Hall–Kier alpha value is -1.06. The van der Waals surface area contributed by atoms with Crippen LogP contribution in [-0.2, 0) is 11.2 Å². The van der Waals surface area contributed by atoms with E-state index < -0.39 is 0 Å². The van der Waals surface area contributed by atoms with Crippen LogP contribution in [0.25, 0.3) is 0 Å². The lowest BCUT2D eigenvalue weighted by Gasteiger charge is -2.16. The fourth-order valence-corrected chi connectivity index (χ4v) is 1.87. The van der Waals surface area contributed by atoms with Crippen molar-refractivity contribution in [2.75, 3.05) is 6.54 Å². The quantitative estimate of drug-likeness (QED) is 0.809. The Bertz CT molecular complexity index is 365. The average Bonchev–Trinajstić information content (AvgIpc) is 2.37. The number of benzene rings is 1. The molecule has 0 aromatic heterocycles. The first-order chi connectivity index (χ1) is 8.65. The number of hydrogen-bond donors (Lipinski definition) is 2. The van der Waals surface area contributed by atoms with E-state index in [1.165, 1.54) is 5.56 Å². The minimum absolute atomic E-state index is 0. The van der Waals surface area contributed by atoms with Crippen molar-refractivity contribution < 1.29 is 4.79 Å². The summed E-state index contributed by atoms with van der Waals surface area (Å²) in [6, 6.07) is 8.17. The lowest BCUT2D eigenvalue weighted by Crippen LogP contribution is -2.40. The van der Waals surface area contributed by atoms with Crippen molar-refractivity contribution in [3.8, 4) is 0 Å². The summed E-state index contributed by atoms with van der Waals surface area (Å²) in [6.45, 7) is 4.69. The molecule has 1 amide bonds. The third-order valence-corrected chi connectivity index (χ3v) is 3.04. The van der Waals surface area contributed by atoms with Crippen LogP contribution in [-0.4, -0.2) is 18.5 Å². The van der Waals surface area contributed by atoms with Gasteiger partial charge >= 0.3 is 0 Å². The maximum atomic E-state index is 11.9. The van der Waals surface area contributed by atoms with Crippen LogP contribution >= 0.6 is 12.4 Å². The van der Waals surface area contributed by atoms with Gasteiger partial charge in [0, 0.05) is 12.6 Å². The summed E-state index contributed by atoms with van der Waals surface area (Å²) in [4.78, 5) is 11.9. The fraction of sp³-hybridized carbons (Fsp3) is 0.533. The van der Waals surface area contributed by atoms with Crippen molar-refractivity contribution >= 4 is 18.3 Å². The topological polar surface area (TPSA) is 55.1 Å². The Morgan fingerprint density at radius 3 is 2.47 bits per heavy atom. The number of amides is 1. The number of nitrogens with two attached hydrogens (primary N) is 1. The SMILES string of the molecule is CCCCC(CN)NC(=O)Cc1ccc(C)cc1.Cl. The zero-order valence-electron chi connectivity index (χ0n) is 11.8. The first-order valence-corrected chi connectivity index (χ1v) is 6.70. The summed E-state index contributed by atoms with van der Waals surface area (Å²) in [7, 11) is 0. The molecule has 1 aromatic rings. The Kier molecular flexibility index (Phi) is 9.27. The Balaban J connectivity index is 0.00000324. The number of hydrogen-bond acceptors (Lipinski definition) is 2. The molecule has 0 aliphatic heterocycles. The molecule has 0 aliphatic rings. The maximum Gasteiger partial charge on any atom is 0.224 e. The lowest BCUT2D eigenvalue weighted by molar-refractivity contribution is -0.121. The number of carbonyl (C=O) groups is 1. The van der Waals surface area contributed by atoms with Gasteiger partial charge in [0.25, 0.3) is 0 Å². The molecule has 1 aromatic carbocycles. The molecule has 0 heterocycles. The summed E-state index contributed by atoms with van der Waals surface area (Å²) >= 11 is 0. The van der Waals surface area contributed by atoms with Crippen molar-refractivity contribution in [2.24, 2.45) is 5.73 Å².